The van der Waals surface area contributed by atoms with Gasteiger partial charge < -0.3 is 15.1 Å². The van der Waals surface area contributed by atoms with E-state index in [1.54, 1.807) is 30.5 Å². The van der Waals surface area contributed by atoms with Crippen LogP contribution in [-0.4, -0.2) is 10.9 Å². The Morgan fingerprint density at radius 3 is 2.63 bits per heavy atom. The van der Waals surface area contributed by atoms with Gasteiger partial charge in [-0.2, -0.15) is 0 Å². The SMILES string of the molecule is Cc1ccnc(N[C@@H](c2ccc(F)cc2)c2cc(C)sc2NC(=O)c2ccco2)c1. The van der Waals surface area contributed by atoms with Crippen molar-refractivity contribution >= 4 is 28.1 Å². The van der Waals surface area contributed by atoms with E-state index in [2.05, 4.69) is 15.6 Å². The maximum atomic E-state index is 13.5. The molecule has 0 aliphatic heterocycles. The summed E-state index contributed by atoms with van der Waals surface area (Å²) in [5, 5.41) is 7.07. The highest BCUT2D eigenvalue weighted by Gasteiger charge is 2.23. The number of thiophene rings is 1. The van der Waals surface area contributed by atoms with Gasteiger partial charge in [0.15, 0.2) is 5.76 Å². The topological polar surface area (TPSA) is 67.2 Å². The molecular weight excluding hydrogens is 401 g/mol. The highest BCUT2D eigenvalue weighted by molar-refractivity contribution is 7.16. The van der Waals surface area contributed by atoms with Crippen LogP contribution in [0.15, 0.2) is 71.5 Å². The lowest BCUT2D eigenvalue weighted by atomic mass is 9.99. The number of nitrogens with one attached hydrogen (secondary N) is 2. The molecule has 3 heterocycles. The second-order valence-electron chi connectivity index (χ2n) is 6.92. The maximum Gasteiger partial charge on any atom is 0.291 e. The maximum absolute atomic E-state index is 13.5. The van der Waals surface area contributed by atoms with E-state index in [0.29, 0.717) is 10.8 Å². The zero-order chi connectivity index (χ0) is 21.1. The molecule has 3 aromatic heterocycles. The first-order valence-corrected chi connectivity index (χ1v) is 10.2. The molecule has 0 fully saturated rings. The molecule has 1 atom stereocenters. The highest BCUT2D eigenvalue weighted by atomic mass is 32.1. The monoisotopic (exact) mass is 421 g/mol. The van der Waals surface area contributed by atoms with Crippen LogP contribution in [0.1, 0.15) is 38.2 Å². The molecule has 0 radical (unpaired) electrons. The van der Waals surface area contributed by atoms with Gasteiger partial charge in [-0.1, -0.05) is 12.1 Å². The summed E-state index contributed by atoms with van der Waals surface area (Å²) in [5.41, 5.74) is 2.79. The van der Waals surface area contributed by atoms with Crippen molar-refractivity contribution < 1.29 is 13.6 Å². The van der Waals surface area contributed by atoms with Gasteiger partial charge in [-0.3, -0.25) is 4.79 Å². The van der Waals surface area contributed by atoms with E-state index in [9.17, 15) is 9.18 Å². The fourth-order valence-corrected chi connectivity index (χ4v) is 4.12. The number of pyridine rings is 1. The van der Waals surface area contributed by atoms with Crippen LogP contribution in [0.5, 0.6) is 0 Å². The summed E-state index contributed by atoms with van der Waals surface area (Å²) in [5.74, 6) is 0.295. The molecule has 0 aliphatic carbocycles. The third-order valence-electron chi connectivity index (χ3n) is 4.58. The number of benzene rings is 1. The Morgan fingerprint density at radius 2 is 1.93 bits per heavy atom. The average Bonchev–Trinajstić information content (AvgIpc) is 3.37. The minimum Gasteiger partial charge on any atom is -0.459 e. The number of amides is 1. The van der Waals surface area contributed by atoms with E-state index >= 15 is 0 Å². The Kier molecular flexibility index (Phi) is 5.63. The molecule has 0 spiro atoms. The number of aromatic nitrogens is 1. The summed E-state index contributed by atoms with van der Waals surface area (Å²) in [7, 11) is 0. The molecule has 7 heteroatoms. The molecule has 0 saturated carbocycles. The first-order chi connectivity index (χ1) is 14.5. The van der Waals surface area contributed by atoms with E-state index in [1.165, 1.54) is 29.7 Å². The Morgan fingerprint density at radius 1 is 1.13 bits per heavy atom. The first-order valence-electron chi connectivity index (χ1n) is 9.39. The molecule has 5 nitrogen and oxygen atoms in total. The van der Waals surface area contributed by atoms with Crippen molar-refractivity contribution in [3.05, 3.63) is 100 Å². The lowest BCUT2D eigenvalue weighted by Crippen LogP contribution is -2.17. The fourth-order valence-electron chi connectivity index (χ4n) is 3.18. The molecular formula is C23H20FN3O2S. The van der Waals surface area contributed by atoms with Crippen molar-refractivity contribution in [3.63, 3.8) is 0 Å². The largest absolute Gasteiger partial charge is 0.459 e. The number of hydrogen-bond donors (Lipinski definition) is 2. The molecule has 0 bridgehead atoms. The van der Waals surface area contributed by atoms with Crippen molar-refractivity contribution in [1.82, 2.24) is 4.98 Å². The number of carbonyl (C=O) groups is 1. The summed E-state index contributed by atoms with van der Waals surface area (Å²) >= 11 is 1.47. The number of halogens is 1. The summed E-state index contributed by atoms with van der Waals surface area (Å²) in [6.45, 7) is 3.97. The number of anilines is 2. The van der Waals surface area contributed by atoms with Crippen LogP contribution in [0.3, 0.4) is 0 Å². The van der Waals surface area contributed by atoms with E-state index in [0.717, 1.165) is 21.6 Å². The highest BCUT2D eigenvalue weighted by Crippen LogP contribution is 2.37. The molecule has 0 aliphatic rings. The van der Waals surface area contributed by atoms with Crippen molar-refractivity contribution in [2.24, 2.45) is 0 Å². The molecule has 152 valence electrons. The Balaban J connectivity index is 1.73. The van der Waals surface area contributed by atoms with Crippen molar-refractivity contribution in [3.8, 4) is 0 Å². The minimum atomic E-state index is -0.336. The molecule has 2 N–H and O–H groups in total. The van der Waals surface area contributed by atoms with Crippen molar-refractivity contribution in [1.29, 1.82) is 0 Å². The van der Waals surface area contributed by atoms with Gasteiger partial charge in [0.1, 0.15) is 16.6 Å². The normalized spacial score (nSPS) is 11.8. The Hall–Kier alpha value is -3.45. The number of rotatable bonds is 6. The van der Waals surface area contributed by atoms with Crippen LogP contribution in [0.25, 0.3) is 0 Å². The van der Waals surface area contributed by atoms with E-state index < -0.39 is 0 Å². The standard InChI is InChI=1S/C23H20FN3O2S/c1-14-9-10-25-20(12-14)26-21(16-5-7-17(24)8-6-16)18-13-15(2)30-23(18)27-22(28)19-4-3-11-29-19/h3-13,21H,1-2H3,(H,25,26)(H,27,28)/t21-/m0/s1. The minimum absolute atomic E-state index is 0.235. The van der Waals surface area contributed by atoms with Gasteiger partial charge in [-0.05, 0) is 67.4 Å². The summed E-state index contributed by atoms with van der Waals surface area (Å²) < 4.78 is 18.8. The zero-order valence-electron chi connectivity index (χ0n) is 16.5. The quantitative estimate of drug-likeness (QED) is 0.404. The van der Waals surface area contributed by atoms with Crippen LogP contribution >= 0.6 is 11.3 Å². The van der Waals surface area contributed by atoms with E-state index in [-0.39, 0.29) is 23.5 Å². The number of nitrogens with zero attached hydrogens (tertiary/aromatic N) is 1. The van der Waals surface area contributed by atoms with E-state index in [1.807, 2.05) is 32.0 Å². The fraction of sp³-hybridized carbons (Fsp3) is 0.130. The molecule has 1 amide bonds. The Labute approximate surface area is 177 Å². The molecule has 0 saturated heterocycles. The van der Waals surface area contributed by atoms with Gasteiger partial charge in [0, 0.05) is 16.6 Å². The number of furan rings is 1. The summed E-state index contributed by atoms with van der Waals surface area (Å²) in [6.07, 6.45) is 3.19. The van der Waals surface area contributed by atoms with Crippen LogP contribution in [-0.2, 0) is 0 Å². The number of hydrogen-bond acceptors (Lipinski definition) is 5. The molecule has 30 heavy (non-hydrogen) atoms. The van der Waals surface area contributed by atoms with Crippen LogP contribution in [0.4, 0.5) is 15.2 Å². The van der Waals surface area contributed by atoms with Gasteiger partial charge in [0.25, 0.3) is 5.91 Å². The number of aryl methyl sites for hydroxylation is 2. The molecule has 4 aromatic rings. The van der Waals surface area contributed by atoms with Gasteiger partial charge >= 0.3 is 0 Å². The number of carbonyl (C=O) groups excluding carboxylic acids is 1. The van der Waals surface area contributed by atoms with Gasteiger partial charge in [0.2, 0.25) is 0 Å². The molecule has 1 aromatic carbocycles. The second-order valence-corrected chi connectivity index (χ2v) is 8.18. The predicted molar refractivity (Wildman–Crippen MR) is 117 cm³/mol. The van der Waals surface area contributed by atoms with Crippen molar-refractivity contribution in [2.75, 3.05) is 10.6 Å². The lowest BCUT2D eigenvalue weighted by molar-refractivity contribution is 0.0997. The second kappa shape index (κ2) is 8.51. The van der Waals surface area contributed by atoms with Gasteiger partial charge in [0.05, 0.1) is 12.3 Å². The van der Waals surface area contributed by atoms with Crippen LogP contribution < -0.4 is 10.6 Å². The third-order valence-corrected chi connectivity index (χ3v) is 5.56. The molecule has 0 unspecified atom stereocenters. The smallest absolute Gasteiger partial charge is 0.291 e. The lowest BCUT2D eigenvalue weighted by Gasteiger charge is -2.21. The zero-order valence-corrected chi connectivity index (χ0v) is 17.3. The first kappa shape index (κ1) is 19.8. The van der Waals surface area contributed by atoms with Gasteiger partial charge in [-0.15, -0.1) is 11.3 Å². The van der Waals surface area contributed by atoms with E-state index in [4.69, 9.17) is 4.42 Å². The Bertz CT molecular complexity index is 1150. The predicted octanol–water partition coefficient (Wildman–Crippen LogP) is 5.95. The summed E-state index contributed by atoms with van der Waals surface area (Å²) in [4.78, 5) is 18.0. The summed E-state index contributed by atoms with van der Waals surface area (Å²) in [6, 6.07) is 15.1. The third kappa shape index (κ3) is 4.41. The van der Waals surface area contributed by atoms with Crippen LogP contribution in [0, 0.1) is 19.7 Å². The van der Waals surface area contributed by atoms with Crippen molar-refractivity contribution in [2.45, 2.75) is 19.9 Å². The van der Waals surface area contributed by atoms with Crippen LogP contribution in [0.2, 0.25) is 0 Å². The average molecular weight is 421 g/mol. The molecule has 4 rings (SSSR count). The van der Waals surface area contributed by atoms with Gasteiger partial charge in [-0.25, -0.2) is 9.37 Å².